The van der Waals surface area contributed by atoms with Crippen LogP contribution >= 0.6 is 0 Å². The molecule has 0 N–H and O–H groups in total. The molecule has 0 bridgehead atoms. The summed E-state index contributed by atoms with van der Waals surface area (Å²) in [7, 11) is -0.345. The van der Waals surface area contributed by atoms with Gasteiger partial charge in [0.15, 0.2) is 0 Å². The van der Waals surface area contributed by atoms with Crippen molar-refractivity contribution >= 4 is 15.9 Å². The molecule has 10 heteroatoms. The second-order valence-corrected chi connectivity index (χ2v) is 12.2. The number of likely N-dealkylation sites (N-methyl/N-ethyl adjacent to an activating group) is 1. The van der Waals surface area contributed by atoms with Gasteiger partial charge in [-0.1, -0.05) is 26.8 Å². The molecule has 1 aromatic rings. The van der Waals surface area contributed by atoms with E-state index in [1.807, 2.05) is 39.8 Å². The Kier molecular flexibility index (Phi) is 7.23. The number of carbonyl (C=O) groups is 1. The first kappa shape index (κ1) is 26.0. The molecule has 1 atom stereocenters. The van der Waals surface area contributed by atoms with Gasteiger partial charge < -0.3 is 4.90 Å². The minimum Gasteiger partial charge on any atom is -0.341 e. The molecular weight excluding hydrogens is 455 g/mol. The Bertz CT molecular complexity index is 961. The van der Waals surface area contributed by atoms with Gasteiger partial charge in [0, 0.05) is 25.2 Å². The summed E-state index contributed by atoms with van der Waals surface area (Å²) < 4.78 is 67.7. The lowest BCUT2D eigenvalue weighted by Crippen LogP contribution is -2.56. The zero-order valence-corrected chi connectivity index (χ0v) is 20.7. The number of nitrogens with zero attached hydrogens (tertiary/aromatic N) is 3. The van der Waals surface area contributed by atoms with Crippen molar-refractivity contribution in [1.82, 2.24) is 14.1 Å². The summed E-state index contributed by atoms with van der Waals surface area (Å²) in [6, 6.07) is 3.12. The van der Waals surface area contributed by atoms with Gasteiger partial charge in [0.2, 0.25) is 15.9 Å². The third-order valence-corrected chi connectivity index (χ3v) is 8.35. The molecule has 2 fully saturated rings. The molecule has 1 heterocycles. The summed E-state index contributed by atoms with van der Waals surface area (Å²) in [6.07, 6.45) is -2.29. The van der Waals surface area contributed by atoms with Gasteiger partial charge in [0.25, 0.3) is 0 Å². The predicted molar refractivity (Wildman–Crippen MR) is 120 cm³/mol. The zero-order valence-electron chi connectivity index (χ0n) is 19.9. The van der Waals surface area contributed by atoms with Crippen molar-refractivity contribution in [2.45, 2.75) is 75.7 Å². The molecule has 33 heavy (non-hydrogen) atoms. The Labute approximate surface area is 194 Å². The summed E-state index contributed by atoms with van der Waals surface area (Å²) in [5.74, 6) is 0.0182. The van der Waals surface area contributed by atoms with Crippen LogP contribution < -0.4 is 0 Å². The molecule has 0 spiro atoms. The van der Waals surface area contributed by atoms with Gasteiger partial charge in [0.05, 0.1) is 16.5 Å². The Hall–Kier alpha value is -1.65. The fraction of sp³-hybridized carbons (Fsp3) is 0.696. The fourth-order valence-corrected chi connectivity index (χ4v) is 6.83. The predicted octanol–water partition coefficient (Wildman–Crippen LogP) is 3.83. The number of benzene rings is 1. The van der Waals surface area contributed by atoms with Gasteiger partial charge in [-0.05, 0) is 63.4 Å². The molecule has 186 valence electrons. The molecule has 2 aliphatic rings. The van der Waals surface area contributed by atoms with Crippen molar-refractivity contribution in [3.05, 3.63) is 29.8 Å². The summed E-state index contributed by atoms with van der Waals surface area (Å²) in [6.45, 7) is 6.88. The number of amides is 1. The van der Waals surface area contributed by atoms with Crippen molar-refractivity contribution in [1.29, 1.82) is 0 Å². The molecule has 1 saturated carbocycles. The van der Waals surface area contributed by atoms with Crippen LogP contribution in [0.4, 0.5) is 13.2 Å². The average molecular weight is 490 g/mol. The van der Waals surface area contributed by atoms with E-state index in [4.69, 9.17) is 0 Å². The highest BCUT2D eigenvalue weighted by atomic mass is 32.2. The van der Waals surface area contributed by atoms with Crippen molar-refractivity contribution in [2.75, 3.05) is 27.2 Å². The summed E-state index contributed by atoms with van der Waals surface area (Å²) >= 11 is 0. The number of piperidine rings is 1. The standard InChI is InChI=1S/C23H34F3N3O3S/c1-22(2,3)20(27(4)5)21(30)28-13-11-18(12-14-28)29(17-9-10-17)33(31,32)19-8-6-7-16(15-19)23(24,25)26/h6-8,15,17-18,20H,9-14H2,1-5H3/t20-/m1/s1. The molecule has 1 amide bonds. The number of rotatable bonds is 6. The molecule has 1 aliphatic carbocycles. The fourth-order valence-electron chi connectivity index (χ4n) is 4.85. The van der Waals surface area contributed by atoms with Crippen LogP contribution in [0.3, 0.4) is 0 Å². The van der Waals surface area contributed by atoms with E-state index in [0.29, 0.717) is 44.8 Å². The normalized spacial score (nSPS) is 19.9. The smallest absolute Gasteiger partial charge is 0.341 e. The quantitative estimate of drug-likeness (QED) is 0.610. The first-order valence-electron chi connectivity index (χ1n) is 11.3. The van der Waals surface area contributed by atoms with Gasteiger partial charge in [-0.25, -0.2) is 8.42 Å². The Morgan fingerprint density at radius 1 is 1.03 bits per heavy atom. The van der Waals surface area contributed by atoms with E-state index in [-0.39, 0.29) is 34.3 Å². The monoisotopic (exact) mass is 489 g/mol. The number of alkyl halides is 3. The number of hydrogen-bond donors (Lipinski definition) is 0. The highest BCUT2D eigenvalue weighted by Gasteiger charge is 2.45. The molecule has 0 aromatic heterocycles. The largest absolute Gasteiger partial charge is 0.416 e. The zero-order chi connectivity index (χ0) is 24.8. The highest BCUT2D eigenvalue weighted by molar-refractivity contribution is 7.89. The van der Waals surface area contributed by atoms with E-state index in [9.17, 15) is 26.4 Å². The van der Waals surface area contributed by atoms with Crippen molar-refractivity contribution in [2.24, 2.45) is 5.41 Å². The molecule has 1 aliphatic heterocycles. The maximum Gasteiger partial charge on any atom is 0.416 e. The molecule has 6 nitrogen and oxygen atoms in total. The third kappa shape index (κ3) is 5.71. The first-order valence-corrected chi connectivity index (χ1v) is 12.7. The van der Waals surface area contributed by atoms with Crippen LogP contribution in [0.15, 0.2) is 29.2 Å². The molecule has 0 unspecified atom stereocenters. The number of carbonyl (C=O) groups excluding carboxylic acids is 1. The number of sulfonamides is 1. The van der Waals surface area contributed by atoms with Crippen LogP contribution in [0.25, 0.3) is 0 Å². The molecule has 3 rings (SSSR count). The minimum absolute atomic E-state index is 0.0182. The van der Waals surface area contributed by atoms with Gasteiger partial charge in [0.1, 0.15) is 0 Å². The second kappa shape index (κ2) is 9.19. The first-order chi connectivity index (χ1) is 15.1. The minimum atomic E-state index is -4.61. The third-order valence-electron chi connectivity index (χ3n) is 6.35. The summed E-state index contributed by atoms with van der Waals surface area (Å²) in [4.78, 5) is 16.6. The lowest BCUT2D eigenvalue weighted by atomic mass is 9.84. The van der Waals surface area contributed by atoms with Crippen LogP contribution in [0.1, 0.15) is 52.0 Å². The average Bonchev–Trinajstić information content (AvgIpc) is 3.51. The number of likely N-dealkylation sites (tertiary alicyclic amines) is 1. The summed E-state index contributed by atoms with van der Waals surface area (Å²) in [5, 5.41) is 0. The van der Waals surface area contributed by atoms with Crippen LogP contribution in [-0.4, -0.2) is 73.7 Å². The van der Waals surface area contributed by atoms with Crippen molar-refractivity contribution in [3.63, 3.8) is 0 Å². The van der Waals surface area contributed by atoms with Crippen LogP contribution in [0, 0.1) is 5.41 Å². The molecule has 1 saturated heterocycles. The van der Waals surface area contributed by atoms with E-state index in [0.717, 1.165) is 12.1 Å². The second-order valence-electron chi connectivity index (χ2n) is 10.4. The van der Waals surface area contributed by atoms with Crippen molar-refractivity contribution in [3.8, 4) is 0 Å². The number of hydrogen-bond acceptors (Lipinski definition) is 4. The van der Waals surface area contributed by atoms with E-state index < -0.39 is 21.8 Å². The molecule has 1 aromatic carbocycles. The Morgan fingerprint density at radius 3 is 2.03 bits per heavy atom. The molecular formula is C23H34F3N3O3S. The lowest BCUT2D eigenvalue weighted by molar-refractivity contribution is -0.141. The van der Waals surface area contributed by atoms with Gasteiger partial charge >= 0.3 is 6.18 Å². The van der Waals surface area contributed by atoms with E-state index in [1.54, 1.807) is 4.90 Å². The lowest BCUT2D eigenvalue weighted by Gasteiger charge is -2.42. The highest BCUT2D eigenvalue weighted by Crippen LogP contribution is 2.38. The van der Waals surface area contributed by atoms with Crippen molar-refractivity contribution < 1.29 is 26.4 Å². The van der Waals surface area contributed by atoms with Crippen LogP contribution in [0.2, 0.25) is 0 Å². The van der Waals surface area contributed by atoms with Crippen LogP contribution in [0.5, 0.6) is 0 Å². The summed E-state index contributed by atoms with van der Waals surface area (Å²) in [5.41, 5.74) is -1.23. The maximum atomic E-state index is 13.4. The Morgan fingerprint density at radius 2 is 1.58 bits per heavy atom. The maximum absolute atomic E-state index is 13.4. The van der Waals surface area contributed by atoms with E-state index in [1.165, 1.54) is 10.4 Å². The topological polar surface area (TPSA) is 60.9 Å². The van der Waals surface area contributed by atoms with Gasteiger partial charge in [-0.15, -0.1) is 0 Å². The van der Waals surface area contributed by atoms with E-state index in [2.05, 4.69) is 0 Å². The van der Waals surface area contributed by atoms with Crippen LogP contribution in [-0.2, 0) is 21.0 Å². The molecule has 0 radical (unpaired) electrons. The van der Waals surface area contributed by atoms with Gasteiger partial charge in [-0.3, -0.25) is 9.69 Å². The van der Waals surface area contributed by atoms with Gasteiger partial charge in [-0.2, -0.15) is 17.5 Å². The number of halogens is 3. The SMILES string of the molecule is CN(C)[C@H](C(=O)N1CCC(N(C2CC2)S(=O)(=O)c2cccc(C(F)(F)F)c2)CC1)C(C)(C)C. The Balaban J connectivity index is 1.78. The van der Waals surface area contributed by atoms with E-state index >= 15 is 0 Å².